The van der Waals surface area contributed by atoms with Gasteiger partial charge in [-0.3, -0.25) is 9.59 Å². The topological polar surface area (TPSA) is 61.4 Å². The van der Waals surface area contributed by atoms with E-state index in [9.17, 15) is 9.59 Å². The summed E-state index contributed by atoms with van der Waals surface area (Å²) in [6.07, 6.45) is 2.77. The number of hydrogen-bond donors (Lipinski definition) is 2. The second-order valence-corrected chi connectivity index (χ2v) is 7.79. The molecule has 1 aromatic carbocycles. The van der Waals surface area contributed by atoms with Gasteiger partial charge in [0, 0.05) is 18.8 Å². The van der Waals surface area contributed by atoms with Crippen LogP contribution < -0.4 is 10.6 Å². The number of amides is 2. The molecule has 0 unspecified atom stereocenters. The molecule has 5 nitrogen and oxygen atoms in total. The highest BCUT2D eigenvalue weighted by atomic mass is 32.2. The molecule has 128 valence electrons. The number of thiocarbonyl (C=S) groups is 1. The number of fused-ring (bicyclic) bond motifs is 1. The van der Waals surface area contributed by atoms with Gasteiger partial charge < -0.3 is 15.5 Å². The highest BCUT2D eigenvalue weighted by molar-refractivity contribution is 8.23. The molecule has 2 amide bonds. The summed E-state index contributed by atoms with van der Waals surface area (Å²) in [6, 6.07) is 5.73. The molecule has 3 rings (SSSR count). The fourth-order valence-electron chi connectivity index (χ4n) is 3.00. The molecule has 1 atom stereocenters. The van der Waals surface area contributed by atoms with Gasteiger partial charge in [-0.05, 0) is 37.0 Å². The van der Waals surface area contributed by atoms with E-state index >= 15 is 0 Å². The summed E-state index contributed by atoms with van der Waals surface area (Å²) in [5, 5.41) is 5.82. The number of hydrogen-bond acceptors (Lipinski definition) is 4. The summed E-state index contributed by atoms with van der Waals surface area (Å²) in [5.74, 6) is 0.333. The van der Waals surface area contributed by atoms with E-state index in [0.29, 0.717) is 12.2 Å². The van der Waals surface area contributed by atoms with Gasteiger partial charge in [-0.15, -0.1) is 0 Å². The van der Waals surface area contributed by atoms with Crippen LogP contribution >= 0.6 is 24.0 Å². The van der Waals surface area contributed by atoms with Crippen LogP contribution in [0.25, 0.3) is 0 Å². The zero-order chi connectivity index (χ0) is 17.1. The molecule has 2 aliphatic heterocycles. The first-order valence-corrected chi connectivity index (χ1v) is 9.56. The molecule has 7 heteroatoms. The zero-order valence-corrected chi connectivity index (χ0v) is 15.3. The number of nitrogens with one attached hydrogen (secondary N) is 2. The summed E-state index contributed by atoms with van der Waals surface area (Å²) >= 11 is 6.80. The minimum atomic E-state index is -0.0977. The third-order valence-corrected chi connectivity index (χ3v) is 5.85. The van der Waals surface area contributed by atoms with Crippen molar-refractivity contribution in [1.82, 2.24) is 10.2 Å². The fraction of sp³-hybridized carbons (Fsp3) is 0.471. The van der Waals surface area contributed by atoms with Crippen LogP contribution in [0.5, 0.6) is 0 Å². The maximum absolute atomic E-state index is 12.2. The molecule has 0 bridgehead atoms. The fourth-order valence-corrected chi connectivity index (χ4v) is 4.07. The lowest BCUT2D eigenvalue weighted by Crippen LogP contribution is -2.30. The molecule has 1 saturated heterocycles. The summed E-state index contributed by atoms with van der Waals surface area (Å²) in [4.78, 5) is 25.7. The van der Waals surface area contributed by atoms with E-state index in [-0.39, 0.29) is 17.9 Å². The SMILES string of the molecule is C[C@H](NC(=O)CSC(=S)N1CCCC1)c1ccc2c(c1)CC(=O)N2. The minimum Gasteiger partial charge on any atom is -0.358 e. The number of likely N-dealkylation sites (tertiary alicyclic amines) is 1. The Hall–Kier alpha value is -1.60. The maximum atomic E-state index is 12.2. The number of carbonyl (C=O) groups is 2. The van der Waals surface area contributed by atoms with Gasteiger partial charge in [0.1, 0.15) is 4.32 Å². The third kappa shape index (κ3) is 4.08. The van der Waals surface area contributed by atoms with Crippen LogP contribution in [-0.4, -0.2) is 39.9 Å². The highest BCUT2D eigenvalue weighted by Crippen LogP contribution is 2.26. The summed E-state index contributed by atoms with van der Waals surface area (Å²) in [5.41, 5.74) is 2.86. The number of nitrogens with zero attached hydrogens (tertiary/aromatic N) is 1. The van der Waals surface area contributed by atoms with Gasteiger partial charge in [0.25, 0.3) is 0 Å². The lowest BCUT2D eigenvalue weighted by atomic mass is 10.0. The highest BCUT2D eigenvalue weighted by Gasteiger charge is 2.20. The monoisotopic (exact) mass is 363 g/mol. The van der Waals surface area contributed by atoms with E-state index in [0.717, 1.165) is 34.2 Å². The van der Waals surface area contributed by atoms with Crippen LogP contribution in [0.15, 0.2) is 18.2 Å². The van der Waals surface area contributed by atoms with E-state index < -0.39 is 0 Å². The van der Waals surface area contributed by atoms with E-state index in [2.05, 4.69) is 15.5 Å². The molecule has 0 radical (unpaired) electrons. The van der Waals surface area contributed by atoms with Gasteiger partial charge in [-0.1, -0.05) is 36.1 Å². The minimum absolute atomic E-state index is 0.0191. The summed E-state index contributed by atoms with van der Waals surface area (Å²) in [6.45, 7) is 3.96. The van der Waals surface area contributed by atoms with Crippen molar-refractivity contribution in [2.75, 3.05) is 24.2 Å². The molecule has 0 spiro atoms. The smallest absolute Gasteiger partial charge is 0.230 e. The van der Waals surface area contributed by atoms with Crippen LogP contribution in [0.2, 0.25) is 0 Å². The molecule has 24 heavy (non-hydrogen) atoms. The van der Waals surface area contributed by atoms with Gasteiger partial charge in [0.2, 0.25) is 11.8 Å². The van der Waals surface area contributed by atoms with Crippen LogP contribution in [0, 0.1) is 0 Å². The van der Waals surface area contributed by atoms with Crippen molar-refractivity contribution >= 4 is 45.8 Å². The van der Waals surface area contributed by atoms with Crippen molar-refractivity contribution < 1.29 is 9.59 Å². The normalized spacial score (nSPS) is 17.4. The lowest BCUT2D eigenvalue weighted by molar-refractivity contribution is -0.119. The Labute approximate surface area is 151 Å². The van der Waals surface area contributed by atoms with Crippen molar-refractivity contribution in [2.45, 2.75) is 32.2 Å². The molecule has 2 heterocycles. The van der Waals surface area contributed by atoms with Crippen molar-refractivity contribution in [1.29, 1.82) is 0 Å². The predicted octanol–water partition coefficient (Wildman–Crippen LogP) is 2.47. The molecule has 0 aliphatic carbocycles. The average molecular weight is 364 g/mol. The standard InChI is InChI=1S/C17H21N3O2S2/c1-11(12-4-5-14-13(8-12)9-15(21)19-14)18-16(22)10-24-17(23)20-6-2-3-7-20/h4-5,8,11H,2-3,6-7,9-10H2,1H3,(H,18,22)(H,19,21)/t11-/m0/s1. The van der Waals surface area contributed by atoms with E-state index in [4.69, 9.17) is 12.2 Å². The molecule has 0 aromatic heterocycles. The average Bonchev–Trinajstić information content (AvgIpc) is 3.20. The number of anilines is 1. The summed E-state index contributed by atoms with van der Waals surface area (Å²) < 4.78 is 0.817. The first kappa shape index (κ1) is 17.2. The van der Waals surface area contributed by atoms with Crippen molar-refractivity contribution in [3.05, 3.63) is 29.3 Å². The van der Waals surface area contributed by atoms with Crippen LogP contribution in [0.4, 0.5) is 5.69 Å². The van der Waals surface area contributed by atoms with Crippen LogP contribution in [-0.2, 0) is 16.0 Å². The molecule has 2 N–H and O–H groups in total. The lowest BCUT2D eigenvalue weighted by Gasteiger charge is -2.18. The van der Waals surface area contributed by atoms with Gasteiger partial charge in [-0.2, -0.15) is 0 Å². The molecular weight excluding hydrogens is 342 g/mol. The maximum Gasteiger partial charge on any atom is 0.230 e. The molecule has 0 saturated carbocycles. The number of rotatable bonds is 4. The third-order valence-electron chi connectivity index (χ3n) is 4.32. The molecule has 1 fully saturated rings. The van der Waals surface area contributed by atoms with Crippen molar-refractivity contribution in [2.24, 2.45) is 0 Å². The predicted molar refractivity (Wildman–Crippen MR) is 101 cm³/mol. The van der Waals surface area contributed by atoms with Gasteiger partial charge in [0.05, 0.1) is 18.2 Å². The summed E-state index contributed by atoms with van der Waals surface area (Å²) in [7, 11) is 0. The molecular formula is C17H21N3O2S2. The molecule has 2 aliphatic rings. The zero-order valence-electron chi connectivity index (χ0n) is 13.6. The first-order valence-electron chi connectivity index (χ1n) is 8.16. The number of carbonyl (C=O) groups excluding carboxylic acids is 2. The van der Waals surface area contributed by atoms with E-state index in [1.807, 2.05) is 25.1 Å². The van der Waals surface area contributed by atoms with Gasteiger partial charge in [0.15, 0.2) is 0 Å². The Bertz CT molecular complexity index is 672. The second kappa shape index (κ2) is 7.53. The Kier molecular flexibility index (Phi) is 5.40. The number of thioether (sulfide) groups is 1. The molecule has 1 aromatic rings. The van der Waals surface area contributed by atoms with E-state index in [1.54, 1.807) is 0 Å². The largest absolute Gasteiger partial charge is 0.358 e. The quantitative estimate of drug-likeness (QED) is 0.805. The Morgan fingerprint density at radius 2 is 2.17 bits per heavy atom. The van der Waals surface area contributed by atoms with Gasteiger partial charge in [-0.25, -0.2) is 0 Å². The number of benzene rings is 1. The Balaban J connectivity index is 1.50. The Morgan fingerprint density at radius 1 is 1.42 bits per heavy atom. The Morgan fingerprint density at radius 3 is 2.92 bits per heavy atom. The van der Waals surface area contributed by atoms with Crippen molar-refractivity contribution in [3.63, 3.8) is 0 Å². The van der Waals surface area contributed by atoms with Gasteiger partial charge >= 0.3 is 0 Å². The second-order valence-electron chi connectivity index (χ2n) is 6.18. The van der Waals surface area contributed by atoms with E-state index in [1.165, 1.54) is 24.6 Å². The van der Waals surface area contributed by atoms with Crippen LogP contribution in [0.1, 0.15) is 36.9 Å². The van der Waals surface area contributed by atoms with Crippen LogP contribution in [0.3, 0.4) is 0 Å². The first-order chi connectivity index (χ1) is 11.5. The van der Waals surface area contributed by atoms with Crippen molar-refractivity contribution in [3.8, 4) is 0 Å².